The molecule has 5 aromatic rings. The molecule has 0 bridgehead atoms. The van der Waals surface area contributed by atoms with E-state index in [1.807, 2.05) is 42.5 Å². The van der Waals surface area contributed by atoms with Crippen LogP contribution in [0.1, 0.15) is 20.1 Å². The Morgan fingerprint density at radius 3 is 2.54 bits per heavy atom. The summed E-state index contributed by atoms with van der Waals surface area (Å²) in [5.74, 6) is -0.823. The first-order valence-corrected chi connectivity index (χ1v) is 14.0. The molecule has 0 amide bonds. The van der Waals surface area contributed by atoms with Gasteiger partial charge in [-0.25, -0.2) is 14.6 Å². The first kappa shape index (κ1) is 24.3. The van der Waals surface area contributed by atoms with Gasteiger partial charge in [-0.2, -0.15) is 0 Å². The molecule has 5 nitrogen and oxygen atoms in total. The Morgan fingerprint density at radius 2 is 1.70 bits per heavy atom. The number of benzene rings is 3. The van der Waals surface area contributed by atoms with Crippen LogP contribution in [0.2, 0.25) is 10.0 Å². The number of rotatable bonds is 4. The largest absolute Gasteiger partial charge is 0.422 e. The Balaban J connectivity index is 1.32. The van der Waals surface area contributed by atoms with Crippen LogP contribution >= 0.6 is 61.8 Å². The van der Waals surface area contributed by atoms with Crippen molar-refractivity contribution in [2.24, 2.45) is 4.99 Å². The Hall–Kier alpha value is -3.01. The van der Waals surface area contributed by atoms with Crippen LogP contribution in [-0.2, 0) is 9.53 Å². The van der Waals surface area contributed by atoms with Gasteiger partial charge in [0.25, 0.3) is 0 Å². The van der Waals surface area contributed by atoms with E-state index in [9.17, 15) is 9.59 Å². The predicted molar refractivity (Wildman–Crippen MR) is 153 cm³/mol. The molecule has 1 aliphatic heterocycles. The maximum Gasteiger partial charge on any atom is 0.363 e. The Labute approximate surface area is 236 Å². The summed E-state index contributed by atoms with van der Waals surface area (Å²) in [6.07, 6.45) is 1.52. The molecule has 0 unspecified atom stereocenters. The Bertz CT molecular complexity index is 1820. The lowest BCUT2D eigenvalue weighted by atomic mass is 10.1. The molecule has 0 radical (unpaired) electrons. The first-order valence-electron chi connectivity index (χ1n) is 10.8. The van der Waals surface area contributed by atoms with E-state index in [0.29, 0.717) is 25.4 Å². The van der Waals surface area contributed by atoms with Gasteiger partial charge in [-0.15, -0.1) is 22.7 Å². The van der Waals surface area contributed by atoms with Gasteiger partial charge < -0.3 is 9.47 Å². The molecule has 2 aromatic heterocycles. The fourth-order valence-electron chi connectivity index (χ4n) is 3.81. The van der Waals surface area contributed by atoms with Gasteiger partial charge in [0.15, 0.2) is 5.70 Å². The summed E-state index contributed by atoms with van der Waals surface area (Å²) in [4.78, 5) is 30.9. The molecule has 0 aliphatic carbocycles. The zero-order valence-corrected chi connectivity index (χ0v) is 23.2. The highest BCUT2D eigenvalue weighted by Crippen LogP contribution is 2.39. The molecule has 0 fully saturated rings. The molecule has 3 aromatic carbocycles. The van der Waals surface area contributed by atoms with Gasteiger partial charge in [0, 0.05) is 30.2 Å². The number of halogens is 3. The number of hydrogen-bond acceptors (Lipinski definition) is 7. The summed E-state index contributed by atoms with van der Waals surface area (Å²) in [6, 6.07) is 20.1. The zero-order valence-electron chi connectivity index (χ0n) is 18.5. The normalized spacial score (nSPS) is 14.4. The molecular weight excluding hydrogens is 617 g/mol. The van der Waals surface area contributed by atoms with Gasteiger partial charge in [-0.1, -0.05) is 81.6 Å². The van der Waals surface area contributed by atoms with Crippen LogP contribution in [0.3, 0.4) is 0 Å². The Morgan fingerprint density at radius 1 is 0.946 bits per heavy atom. The van der Waals surface area contributed by atoms with E-state index in [1.54, 1.807) is 24.3 Å². The number of hydrogen-bond donors (Lipinski definition) is 0. The minimum atomic E-state index is -0.626. The van der Waals surface area contributed by atoms with E-state index in [2.05, 4.69) is 20.9 Å². The van der Waals surface area contributed by atoms with Crippen LogP contribution in [0.5, 0.6) is 5.75 Å². The molecule has 10 heteroatoms. The van der Waals surface area contributed by atoms with E-state index in [1.165, 1.54) is 28.7 Å². The molecule has 6 rings (SSSR count). The maximum atomic E-state index is 13.0. The van der Waals surface area contributed by atoms with Crippen molar-refractivity contribution < 1.29 is 19.1 Å². The molecular formula is C27H12BrCl2NO4S2. The molecule has 182 valence electrons. The number of ether oxygens (including phenoxy) is 2. The van der Waals surface area contributed by atoms with Gasteiger partial charge in [-0.05, 0) is 30.3 Å². The fourth-order valence-corrected chi connectivity index (χ4v) is 7.19. The van der Waals surface area contributed by atoms with Gasteiger partial charge >= 0.3 is 11.9 Å². The summed E-state index contributed by atoms with van der Waals surface area (Å²) in [5, 5.41) is 2.45. The average molecular weight is 629 g/mol. The summed E-state index contributed by atoms with van der Waals surface area (Å²) in [7, 11) is 0. The zero-order chi connectivity index (χ0) is 25.7. The van der Waals surface area contributed by atoms with Gasteiger partial charge in [0.1, 0.15) is 15.5 Å². The lowest BCUT2D eigenvalue weighted by Crippen LogP contribution is -2.08. The molecule has 0 N–H and O–H groups in total. The van der Waals surface area contributed by atoms with Crippen LogP contribution in [0.15, 0.2) is 81.9 Å². The fraction of sp³-hybridized carbons (Fsp3) is 0. The number of cyclic esters (lactones) is 1. The summed E-state index contributed by atoms with van der Waals surface area (Å²) >= 11 is 19.1. The van der Waals surface area contributed by atoms with E-state index in [0.717, 1.165) is 24.6 Å². The number of esters is 2. The van der Waals surface area contributed by atoms with Crippen molar-refractivity contribution in [3.05, 3.63) is 102 Å². The van der Waals surface area contributed by atoms with E-state index in [4.69, 9.17) is 32.7 Å². The van der Waals surface area contributed by atoms with Crippen molar-refractivity contribution in [2.45, 2.75) is 0 Å². The average Bonchev–Trinajstić information content (AvgIpc) is 3.53. The molecule has 0 saturated carbocycles. The predicted octanol–water partition coefficient (Wildman–Crippen LogP) is 8.75. The van der Waals surface area contributed by atoms with Crippen molar-refractivity contribution in [2.75, 3.05) is 0 Å². The number of thiophene rings is 2. The number of carbonyl (C=O) groups is 2. The molecule has 0 spiro atoms. The number of aliphatic imine (C=N–C) groups is 1. The molecule has 0 saturated heterocycles. The third-order valence-electron chi connectivity index (χ3n) is 5.54. The van der Waals surface area contributed by atoms with E-state index < -0.39 is 11.9 Å². The molecule has 3 heterocycles. The smallest absolute Gasteiger partial charge is 0.363 e. The van der Waals surface area contributed by atoms with Crippen LogP contribution < -0.4 is 4.74 Å². The summed E-state index contributed by atoms with van der Waals surface area (Å²) < 4.78 is 13.9. The topological polar surface area (TPSA) is 65.0 Å². The van der Waals surface area contributed by atoms with Crippen molar-refractivity contribution in [3.8, 4) is 5.75 Å². The second kappa shape index (κ2) is 9.70. The van der Waals surface area contributed by atoms with Crippen LogP contribution in [0.25, 0.3) is 26.2 Å². The van der Waals surface area contributed by atoms with Crippen molar-refractivity contribution in [1.29, 1.82) is 0 Å². The standard InChI is InChI=1S/C27H12BrCl2NO4S2/c28-14-9-10-16-20(12-14)37-23(21(16)29)25-31-17(26(32)35-25)11-13-5-1-3-7-18(13)34-27(33)24-22(30)15-6-2-4-8-19(15)36-24/h1-12H/b17-11+. The van der Waals surface area contributed by atoms with Crippen molar-refractivity contribution >= 4 is 106 Å². The SMILES string of the molecule is O=C1OC(c2sc3cc(Br)ccc3c2Cl)=N/C1=C/c1ccccc1OC(=O)c1sc2ccccc2c1Cl. The summed E-state index contributed by atoms with van der Waals surface area (Å²) in [5.41, 5.74) is 0.546. The first-order chi connectivity index (χ1) is 17.9. The highest BCUT2D eigenvalue weighted by molar-refractivity contribution is 9.10. The molecule has 0 atom stereocenters. The second-order valence-electron chi connectivity index (χ2n) is 7.89. The van der Waals surface area contributed by atoms with Crippen LogP contribution in [-0.4, -0.2) is 17.8 Å². The van der Waals surface area contributed by atoms with E-state index in [-0.39, 0.29) is 17.3 Å². The monoisotopic (exact) mass is 627 g/mol. The highest BCUT2D eigenvalue weighted by Gasteiger charge is 2.28. The Kier molecular flexibility index (Phi) is 6.38. The third-order valence-corrected chi connectivity index (χ3v) is 9.33. The quantitative estimate of drug-likeness (QED) is 0.113. The highest BCUT2D eigenvalue weighted by atomic mass is 79.9. The lowest BCUT2D eigenvalue weighted by Gasteiger charge is -2.07. The minimum Gasteiger partial charge on any atom is -0.422 e. The van der Waals surface area contributed by atoms with Gasteiger partial charge in [0.2, 0.25) is 5.90 Å². The maximum absolute atomic E-state index is 13.0. The van der Waals surface area contributed by atoms with Gasteiger partial charge in [0.05, 0.1) is 10.0 Å². The molecule has 1 aliphatic rings. The molecule has 37 heavy (non-hydrogen) atoms. The number of nitrogens with zero attached hydrogens (tertiary/aromatic N) is 1. The minimum absolute atomic E-state index is 0.0631. The third kappa shape index (κ3) is 4.49. The number of carbonyl (C=O) groups excluding carboxylic acids is 2. The summed E-state index contributed by atoms with van der Waals surface area (Å²) in [6.45, 7) is 0. The second-order valence-corrected chi connectivity index (χ2v) is 11.7. The van der Waals surface area contributed by atoms with Crippen LogP contribution in [0.4, 0.5) is 0 Å². The number of para-hydroxylation sites is 1. The van der Waals surface area contributed by atoms with Crippen LogP contribution in [0, 0.1) is 0 Å². The van der Waals surface area contributed by atoms with Gasteiger partial charge in [-0.3, -0.25) is 0 Å². The lowest BCUT2D eigenvalue weighted by molar-refractivity contribution is -0.129. The van der Waals surface area contributed by atoms with Crippen molar-refractivity contribution in [1.82, 2.24) is 0 Å². The van der Waals surface area contributed by atoms with E-state index >= 15 is 0 Å². The van der Waals surface area contributed by atoms with Crippen molar-refractivity contribution in [3.63, 3.8) is 0 Å². The number of fused-ring (bicyclic) bond motifs is 2.